The van der Waals surface area contributed by atoms with Crippen LogP contribution in [0.1, 0.15) is 18.5 Å². The molecule has 3 nitrogen and oxygen atoms in total. The number of halogens is 2. The van der Waals surface area contributed by atoms with Crippen LogP contribution in [0.5, 0.6) is 5.75 Å². The van der Waals surface area contributed by atoms with E-state index in [9.17, 15) is 0 Å². The maximum atomic E-state index is 5.88. The smallest absolute Gasteiger partial charge is 0.143 e. The van der Waals surface area contributed by atoms with Gasteiger partial charge in [-0.1, -0.05) is 29.8 Å². The van der Waals surface area contributed by atoms with Crippen LogP contribution in [0.3, 0.4) is 0 Å². The molecule has 2 aromatic rings. The quantitative estimate of drug-likeness (QED) is 0.820. The number of ether oxygens (including phenoxy) is 1. The van der Waals surface area contributed by atoms with Gasteiger partial charge >= 0.3 is 0 Å². The summed E-state index contributed by atoms with van der Waals surface area (Å²) in [7, 11) is 1.67. The minimum absolute atomic E-state index is 0.103. The fourth-order valence-electron chi connectivity index (χ4n) is 1.85. The van der Waals surface area contributed by atoms with Gasteiger partial charge in [-0.2, -0.15) is 0 Å². The normalized spacial score (nSPS) is 12.0. The Labute approximate surface area is 126 Å². The Hall–Kier alpha value is -1.26. The molecule has 0 fully saturated rings. The van der Waals surface area contributed by atoms with Gasteiger partial charge in [0.05, 0.1) is 29.5 Å². The van der Waals surface area contributed by atoms with Gasteiger partial charge in [0.1, 0.15) is 10.9 Å². The van der Waals surface area contributed by atoms with E-state index >= 15 is 0 Å². The maximum absolute atomic E-state index is 5.88. The van der Waals surface area contributed by atoms with Gasteiger partial charge in [0.25, 0.3) is 0 Å². The van der Waals surface area contributed by atoms with Crippen molar-refractivity contribution in [2.24, 2.45) is 0 Å². The highest BCUT2D eigenvalue weighted by atomic mass is 79.9. The molecule has 1 unspecified atom stereocenters. The van der Waals surface area contributed by atoms with Gasteiger partial charge in [0.15, 0.2) is 0 Å². The zero-order chi connectivity index (χ0) is 13.8. The van der Waals surface area contributed by atoms with Gasteiger partial charge in [0, 0.05) is 5.56 Å². The second-order valence-electron chi connectivity index (χ2n) is 4.10. The number of pyridine rings is 1. The van der Waals surface area contributed by atoms with Crippen LogP contribution in [-0.2, 0) is 0 Å². The monoisotopic (exact) mass is 340 g/mol. The number of benzene rings is 1. The SMILES string of the molecule is COc1ccccc1C(C)Nc1cnc(Cl)c(Br)c1. The molecule has 0 aliphatic heterocycles. The zero-order valence-electron chi connectivity index (χ0n) is 10.7. The topological polar surface area (TPSA) is 34.1 Å². The summed E-state index contributed by atoms with van der Waals surface area (Å²) in [6.07, 6.45) is 1.71. The van der Waals surface area contributed by atoms with Crippen LogP contribution in [0, 0.1) is 0 Å². The Morgan fingerprint density at radius 3 is 2.79 bits per heavy atom. The van der Waals surface area contributed by atoms with Gasteiger partial charge < -0.3 is 10.1 Å². The van der Waals surface area contributed by atoms with Crippen molar-refractivity contribution in [2.75, 3.05) is 12.4 Å². The lowest BCUT2D eigenvalue weighted by Gasteiger charge is -2.18. The molecule has 0 radical (unpaired) electrons. The van der Waals surface area contributed by atoms with E-state index in [-0.39, 0.29) is 6.04 Å². The zero-order valence-corrected chi connectivity index (χ0v) is 13.0. The maximum Gasteiger partial charge on any atom is 0.143 e. The van der Waals surface area contributed by atoms with Gasteiger partial charge in [-0.3, -0.25) is 0 Å². The third kappa shape index (κ3) is 3.39. The van der Waals surface area contributed by atoms with Crippen LogP contribution in [0.2, 0.25) is 5.15 Å². The van der Waals surface area contributed by atoms with Crippen molar-refractivity contribution in [1.29, 1.82) is 0 Å². The Bertz CT molecular complexity index is 577. The van der Waals surface area contributed by atoms with E-state index in [0.29, 0.717) is 5.15 Å². The van der Waals surface area contributed by atoms with Crippen molar-refractivity contribution in [3.63, 3.8) is 0 Å². The Morgan fingerprint density at radius 1 is 1.37 bits per heavy atom. The molecule has 1 atom stereocenters. The van der Waals surface area contributed by atoms with Crippen LogP contribution in [-0.4, -0.2) is 12.1 Å². The molecule has 0 aliphatic carbocycles. The molecule has 1 N–H and O–H groups in total. The third-order valence-corrected chi connectivity index (χ3v) is 3.92. The van der Waals surface area contributed by atoms with Crippen LogP contribution < -0.4 is 10.1 Å². The molecule has 0 saturated carbocycles. The fraction of sp³-hybridized carbons (Fsp3) is 0.214. The van der Waals surface area contributed by atoms with Crippen LogP contribution >= 0.6 is 27.5 Å². The first-order chi connectivity index (χ1) is 9.11. The number of para-hydroxylation sites is 1. The standard InChI is InChI=1S/C14H14BrClN2O/c1-9(11-5-3-4-6-13(11)19-2)18-10-7-12(15)14(16)17-8-10/h3-9,18H,1-2H3. The number of hydrogen-bond acceptors (Lipinski definition) is 3. The van der Waals surface area contributed by atoms with E-state index in [0.717, 1.165) is 21.5 Å². The summed E-state index contributed by atoms with van der Waals surface area (Å²) in [4.78, 5) is 4.09. The van der Waals surface area contributed by atoms with Crippen molar-refractivity contribution < 1.29 is 4.74 Å². The molecule has 1 aromatic carbocycles. The van der Waals surface area contributed by atoms with Crippen molar-refractivity contribution in [2.45, 2.75) is 13.0 Å². The van der Waals surface area contributed by atoms with E-state index in [4.69, 9.17) is 16.3 Å². The summed E-state index contributed by atoms with van der Waals surface area (Å²) in [6.45, 7) is 2.07. The Kier molecular flexibility index (Phi) is 4.66. The van der Waals surface area contributed by atoms with E-state index in [1.807, 2.05) is 30.3 Å². The molecular formula is C14H14BrClN2O. The summed E-state index contributed by atoms with van der Waals surface area (Å²) >= 11 is 9.24. The Morgan fingerprint density at radius 2 is 2.11 bits per heavy atom. The van der Waals surface area contributed by atoms with Crippen LogP contribution in [0.15, 0.2) is 41.0 Å². The minimum Gasteiger partial charge on any atom is -0.496 e. The molecule has 5 heteroatoms. The second-order valence-corrected chi connectivity index (χ2v) is 5.32. The lowest BCUT2D eigenvalue weighted by atomic mass is 10.1. The van der Waals surface area contributed by atoms with Crippen molar-refractivity contribution in [3.8, 4) is 5.75 Å². The summed E-state index contributed by atoms with van der Waals surface area (Å²) < 4.78 is 6.13. The number of aromatic nitrogens is 1. The van der Waals surface area contributed by atoms with Gasteiger partial charge in [-0.15, -0.1) is 0 Å². The first-order valence-electron chi connectivity index (χ1n) is 5.82. The molecule has 0 saturated heterocycles. The van der Waals surface area contributed by atoms with E-state index in [1.165, 1.54) is 0 Å². The van der Waals surface area contributed by atoms with E-state index < -0.39 is 0 Å². The third-order valence-electron chi connectivity index (χ3n) is 2.78. The molecule has 0 amide bonds. The number of anilines is 1. The highest BCUT2D eigenvalue weighted by Gasteiger charge is 2.11. The average Bonchev–Trinajstić information content (AvgIpc) is 2.43. The summed E-state index contributed by atoms with van der Waals surface area (Å²) in [5, 5.41) is 3.82. The number of hydrogen-bond donors (Lipinski definition) is 1. The van der Waals surface area contributed by atoms with Crippen molar-refractivity contribution >= 4 is 33.2 Å². The average molecular weight is 342 g/mol. The van der Waals surface area contributed by atoms with Crippen LogP contribution in [0.25, 0.3) is 0 Å². The van der Waals surface area contributed by atoms with Crippen LogP contribution in [0.4, 0.5) is 5.69 Å². The molecular weight excluding hydrogens is 328 g/mol. The van der Waals surface area contributed by atoms with Gasteiger partial charge in [0.2, 0.25) is 0 Å². The summed E-state index contributed by atoms with van der Waals surface area (Å²) in [5.74, 6) is 0.864. The highest BCUT2D eigenvalue weighted by molar-refractivity contribution is 9.10. The van der Waals surface area contributed by atoms with E-state index in [1.54, 1.807) is 13.3 Å². The molecule has 1 heterocycles. The lowest BCUT2D eigenvalue weighted by molar-refractivity contribution is 0.408. The molecule has 0 spiro atoms. The second kappa shape index (κ2) is 6.26. The molecule has 100 valence electrons. The summed E-state index contributed by atoms with van der Waals surface area (Å²) in [6, 6.07) is 9.94. The van der Waals surface area contributed by atoms with Gasteiger partial charge in [-0.05, 0) is 35.0 Å². The minimum atomic E-state index is 0.103. The number of methoxy groups -OCH3 is 1. The molecule has 0 bridgehead atoms. The molecule has 2 rings (SSSR count). The van der Waals surface area contributed by atoms with E-state index in [2.05, 4.69) is 33.2 Å². The number of nitrogens with zero attached hydrogens (tertiary/aromatic N) is 1. The van der Waals surface area contributed by atoms with Crippen molar-refractivity contribution in [1.82, 2.24) is 4.98 Å². The fourth-order valence-corrected chi connectivity index (χ4v) is 2.30. The lowest BCUT2D eigenvalue weighted by Crippen LogP contribution is -2.08. The summed E-state index contributed by atoms with van der Waals surface area (Å²) in [5.41, 5.74) is 1.99. The number of rotatable bonds is 4. The molecule has 0 aliphatic rings. The Balaban J connectivity index is 2.20. The first kappa shape index (κ1) is 14.2. The molecule has 19 heavy (non-hydrogen) atoms. The molecule has 1 aromatic heterocycles. The first-order valence-corrected chi connectivity index (χ1v) is 6.99. The number of nitrogens with one attached hydrogen (secondary N) is 1. The predicted octanol–water partition coefficient (Wildman–Crippen LogP) is 4.68. The highest BCUT2D eigenvalue weighted by Crippen LogP contribution is 2.29. The largest absolute Gasteiger partial charge is 0.496 e. The van der Waals surface area contributed by atoms with Gasteiger partial charge in [-0.25, -0.2) is 4.98 Å². The predicted molar refractivity (Wildman–Crippen MR) is 82.0 cm³/mol. The van der Waals surface area contributed by atoms with Crippen molar-refractivity contribution in [3.05, 3.63) is 51.7 Å².